The third kappa shape index (κ3) is 11.2. The SMILES string of the molecule is CS(=O)(=O)OCCOCCN=[N+]=[N-]. The molecule has 0 rings (SSSR count). The lowest BCUT2D eigenvalue weighted by Crippen LogP contribution is -2.10. The monoisotopic (exact) mass is 209 g/mol. The number of hydrogen-bond acceptors (Lipinski definition) is 5. The molecule has 0 spiro atoms. The number of azide groups is 1. The molecule has 13 heavy (non-hydrogen) atoms. The third-order valence-electron chi connectivity index (χ3n) is 0.924. The minimum absolute atomic E-state index is 0.0187. The second-order valence-electron chi connectivity index (χ2n) is 2.09. The molecule has 8 heteroatoms. The van der Waals surface area contributed by atoms with Crippen LogP contribution in [0.2, 0.25) is 0 Å². The van der Waals surface area contributed by atoms with Gasteiger partial charge in [-0.2, -0.15) is 8.42 Å². The van der Waals surface area contributed by atoms with E-state index >= 15 is 0 Å². The molecule has 0 heterocycles. The average molecular weight is 209 g/mol. The minimum atomic E-state index is -3.38. The fourth-order valence-corrected chi connectivity index (χ4v) is 0.867. The molecule has 0 bridgehead atoms. The molecule has 76 valence electrons. The van der Waals surface area contributed by atoms with Crippen molar-refractivity contribution in [1.29, 1.82) is 0 Å². The van der Waals surface area contributed by atoms with Crippen molar-refractivity contribution in [1.82, 2.24) is 0 Å². The van der Waals surface area contributed by atoms with E-state index in [1.165, 1.54) is 0 Å². The zero-order valence-corrected chi connectivity index (χ0v) is 8.03. The Bertz CT molecular complexity index is 270. The van der Waals surface area contributed by atoms with E-state index in [0.717, 1.165) is 6.26 Å². The summed E-state index contributed by atoms with van der Waals surface area (Å²) >= 11 is 0. The van der Waals surface area contributed by atoms with Gasteiger partial charge >= 0.3 is 0 Å². The van der Waals surface area contributed by atoms with E-state index in [1.54, 1.807) is 0 Å². The predicted molar refractivity (Wildman–Crippen MR) is 45.6 cm³/mol. The average Bonchev–Trinajstić information content (AvgIpc) is 2.01. The summed E-state index contributed by atoms with van der Waals surface area (Å²) < 4.78 is 30.1. The van der Waals surface area contributed by atoms with Gasteiger partial charge in [0.15, 0.2) is 0 Å². The largest absolute Gasteiger partial charge is 0.379 e. The summed E-state index contributed by atoms with van der Waals surface area (Å²) in [6.07, 6.45) is 0.965. The summed E-state index contributed by atoms with van der Waals surface area (Å²) in [7, 11) is -3.38. The van der Waals surface area contributed by atoms with E-state index in [2.05, 4.69) is 14.2 Å². The van der Waals surface area contributed by atoms with Crippen molar-refractivity contribution < 1.29 is 17.3 Å². The van der Waals surface area contributed by atoms with Crippen molar-refractivity contribution >= 4 is 10.1 Å². The molecule has 0 aromatic heterocycles. The Balaban J connectivity index is 3.22. The Labute approximate surface area is 76.4 Å². The van der Waals surface area contributed by atoms with Gasteiger partial charge in [0.2, 0.25) is 0 Å². The highest BCUT2D eigenvalue weighted by Gasteiger charge is 1.99. The van der Waals surface area contributed by atoms with Crippen LogP contribution in [0.1, 0.15) is 0 Å². The van der Waals surface area contributed by atoms with Crippen LogP contribution in [0.15, 0.2) is 5.11 Å². The van der Waals surface area contributed by atoms with Crippen LogP contribution in [0, 0.1) is 0 Å². The van der Waals surface area contributed by atoms with Gasteiger partial charge < -0.3 is 4.74 Å². The topological polar surface area (TPSA) is 101 Å². The Morgan fingerprint density at radius 3 is 2.62 bits per heavy atom. The molecule has 7 nitrogen and oxygen atoms in total. The van der Waals surface area contributed by atoms with Crippen LogP contribution in [-0.2, 0) is 19.0 Å². The van der Waals surface area contributed by atoms with Gasteiger partial charge in [-0.25, -0.2) is 0 Å². The molecule has 0 fully saturated rings. The number of hydrogen-bond donors (Lipinski definition) is 0. The number of ether oxygens (including phenoxy) is 1. The summed E-state index contributed by atoms with van der Waals surface area (Å²) in [6, 6.07) is 0. The smallest absolute Gasteiger partial charge is 0.264 e. The van der Waals surface area contributed by atoms with Crippen LogP contribution >= 0.6 is 0 Å². The maximum Gasteiger partial charge on any atom is 0.264 e. The van der Waals surface area contributed by atoms with Crippen LogP contribution in [0.3, 0.4) is 0 Å². The van der Waals surface area contributed by atoms with E-state index in [4.69, 9.17) is 10.3 Å². The fraction of sp³-hybridized carbons (Fsp3) is 1.00. The van der Waals surface area contributed by atoms with E-state index in [0.29, 0.717) is 0 Å². The van der Waals surface area contributed by atoms with Crippen LogP contribution in [-0.4, -0.2) is 41.0 Å². The summed E-state index contributed by atoms with van der Waals surface area (Å²) in [5.41, 5.74) is 7.87. The van der Waals surface area contributed by atoms with Gasteiger partial charge in [0, 0.05) is 11.5 Å². The first kappa shape index (κ1) is 12.2. The molecule has 0 saturated carbocycles. The standard InChI is InChI=1S/C5H11N3O4S/c1-13(9,10)12-5-4-11-3-2-7-8-6/h2-5H2,1H3. The van der Waals surface area contributed by atoms with Crippen molar-refractivity contribution in [3.05, 3.63) is 10.4 Å². The second-order valence-corrected chi connectivity index (χ2v) is 3.74. The number of rotatable bonds is 7. The highest BCUT2D eigenvalue weighted by molar-refractivity contribution is 7.85. The highest BCUT2D eigenvalue weighted by atomic mass is 32.2. The van der Waals surface area contributed by atoms with E-state index in [9.17, 15) is 8.42 Å². The first-order valence-electron chi connectivity index (χ1n) is 3.49. The predicted octanol–water partition coefficient (Wildman–Crippen LogP) is 0.289. The first-order valence-corrected chi connectivity index (χ1v) is 5.31. The maximum absolute atomic E-state index is 10.4. The summed E-state index contributed by atoms with van der Waals surface area (Å²) in [5.74, 6) is 0. The Morgan fingerprint density at radius 2 is 2.08 bits per heavy atom. The van der Waals surface area contributed by atoms with Crippen molar-refractivity contribution in [2.75, 3.05) is 32.6 Å². The van der Waals surface area contributed by atoms with Crippen LogP contribution < -0.4 is 0 Å². The molecule has 0 amide bonds. The van der Waals surface area contributed by atoms with Gasteiger partial charge in [-0.05, 0) is 5.53 Å². The van der Waals surface area contributed by atoms with Gasteiger partial charge in [0.1, 0.15) is 0 Å². The first-order chi connectivity index (χ1) is 6.06. The Morgan fingerprint density at radius 1 is 1.38 bits per heavy atom. The Hall–Kier alpha value is -0.820. The van der Waals surface area contributed by atoms with Gasteiger partial charge in [-0.15, -0.1) is 0 Å². The van der Waals surface area contributed by atoms with Crippen molar-refractivity contribution in [3.63, 3.8) is 0 Å². The molecule has 0 aliphatic heterocycles. The molecule has 0 N–H and O–H groups in total. The lowest BCUT2D eigenvalue weighted by atomic mass is 10.7. The molecule has 0 radical (unpaired) electrons. The summed E-state index contributed by atoms with van der Waals surface area (Å²) in [4.78, 5) is 2.51. The normalized spacial score (nSPS) is 10.8. The lowest BCUT2D eigenvalue weighted by molar-refractivity contribution is 0.108. The van der Waals surface area contributed by atoms with Gasteiger partial charge in [0.05, 0.1) is 26.1 Å². The van der Waals surface area contributed by atoms with Gasteiger partial charge in [-0.1, -0.05) is 5.11 Å². The van der Waals surface area contributed by atoms with Crippen molar-refractivity contribution in [3.8, 4) is 0 Å². The van der Waals surface area contributed by atoms with E-state index in [-0.39, 0.29) is 26.4 Å². The quantitative estimate of drug-likeness (QED) is 0.198. The molecule has 0 aliphatic rings. The van der Waals surface area contributed by atoms with E-state index in [1.807, 2.05) is 0 Å². The molecular weight excluding hydrogens is 198 g/mol. The minimum Gasteiger partial charge on any atom is -0.379 e. The molecule has 0 atom stereocenters. The lowest BCUT2D eigenvalue weighted by Gasteiger charge is -2.01. The molecule has 0 aromatic carbocycles. The van der Waals surface area contributed by atoms with Crippen LogP contribution in [0.4, 0.5) is 0 Å². The van der Waals surface area contributed by atoms with Gasteiger partial charge in [0.25, 0.3) is 10.1 Å². The molecule has 0 aromatic rings. The molecular formula is C5H11N3O4S. The summed E-state index contributed by atoms with van der Waals surface area (Å²) in [5, 5.41) is 3.21. The Kier molecular flexibility index (Phi) is 6.25. The third-order valence-corrected chi connectivity index (χ3v) is 1.52. The maximum atomic E-state index is 10.4. The fourth-order valence-electron chi connectivity index (χ4n) is 0.496. The zero-order valence-electron chi connectivity index (χ0n) is 7.21. The van der Waals surface area contributed by atoms with Crippen LogP contribution in [0.5, 0.6) is 0 Å². The van der Waals surface area contributed by atoms with Crippen molar-refractivity contribution in [2.45, 2.75) is 0 Å². The van der Waals surface area contributed by atoms with Crippen molar-refractivity contribution in [2.24, 2.45) is 5.11 Å². The molecule has 0 saturated heterocycles. The zero-order chi connectivity index (χ0) is 10.2. The number of nitrogens with zero attached hydrogens (tertiary/aromatic N) is 3. The highest BCUT2D eigenvalue weighted by Crippen LogP contribution is 1.86. The molecule has 0 unspecified atom stereocenters. The van der Waals surface area contributed by atoms with E-state index < -0.39 is 10.1 Å². The molecule has 0 aliphatic carbocycles. The van der Waals surface area contributed by atoms with Crippen LogP contribution in [0.25, 0.3) is 10.4 Å². The summed E-state index contributed by atoms with van der Waals surface area (Å²) in [6.45, 7) is 0.635. The second kappa shape index (κ2) is 6.67. The van der Waals surface area contributed by atoms with Gasteiger partial charge in [-0.3, -0.25) is 4.18 Å².